The van der Waals surface area contributed by atoms with Crippen molar-refractivity contribution in [3.05, 3.63) is 28.2 Å². The molecule has 1 N–H and O–H groups in total. The Labute approximate surface area is 142 Å². The number of anilines is 1. The molecule has 0 spiro atoms. The van der Waals surface area contributed by atoms with Gasteiger partial charge in [0.05, 0.1) is 10.0 Å². The van der Waals surface area contributed by atoms with Crippen LogP contribution in [-0.4, -0.2) is 23.5 Å². The number of fused-ring (bicyclic) bond motifs is 2. The molecule has 5 heteroatoms. The first-order chi connectivity index (χ1) is 10.2. The number of likely N-dealkylation sites (tertiary alicyclic amines) is 1. The maximum absolute atomic E-state index is 12.6. The lowest BCUT2D eigenvalue weighted by molar-refractivity contribution is 0.130. The van der Waals surface area contributed by atoms with Gasteiger partial charge < -0.3 is 10.2 Å². The van der Waals surface area contributed by atoms with Crippen molar-refractivity contribution < 1.29 is 4.79 Å². The first-order valence-electron chi connectivity index (χ1n) is 7.70. The highest BCUT2D eigenvalue weighted by atomic mass is 35.5. The van der Waals surface area contributed by atoms with E-state index in [1.807, 2.05) is 4.90 Å². The zero-order valence-corrected chi connectivity index (χ0v) is 14.8. The Kier molecular flexibility index (Phi) is 3.85. The Morgan fingerprint density at radius 3 is 2.64 bits per heavy atom. The Balaban J connectivity index is 1.74. The van der Waals surface area contributed by atoms with Gasteiger partial charge in [0, 0.05) is 18.3 Å². The summed E-state index contributed by atoms with van der Waals surface area (Å²) < 4.78 is 0. The second kappa shape index (κ2) is 5.31. The molecule has 1 aromatic rings. The van der Waals surface area contributed by atoms with Crippen molar-refractivity contribution in [2.24, 2.45) is 10.8 Å². The number of halogens is 2. The molecule has 120 valence electrons. The lowest BCUT2D eigenvalue weighted by Crippen LogP contribution is -2.40. The molecule has 0 radical (unpaired) electrons. The molecular weight excluding hydrogens is 319 g/mol. The van der Waals surface area contributed by atoms with Crippen LogP contribution in [0.4, 0.5) is 10.5 Å². The van der Waals surface area contributed by atoms with Gasteiger partial charge in [-0.15, -0.1) is 0 Å². The second-order valence-corrected chi connectivity index (χ2v) is 8.72. The number of hydrogen-bond acceptors (Lipinski definition) is 1. The number of rotatable bonds is 1. The quantitative estimate of drug-likeness (QED) is 0.726. The van der Waals surface area contributed by atoms with Crippen LogP contribution >= 0.6 is 23.2 Å². The summed E-state index contributed by atoms with van der Waals surface area (Å²) in [6.07, 6.45) is 3.34. The van der Waals surface area contributed by atoms with Crippen LogP contribution in [0.15, 0.2) is 18.2 Å². The molecule has 1 saturated heterocycles. The van der Waals surface area contributed by atoms with Gasteiger partial charge in [-0.1, -0.05) is 44.0 Å². The molecule has 2 bridgehead atoms. The first kappa shape index (κ1) is 15.9. The van der Waals surface area contributed by atoms with Crippen molar-refractivity contribution in [3.8, 4) is 0 Å². The fourth-order valence-electron chi connectivity index (χ4n) is 4.47. The summed E-state index contributed by atoms with van der Waals surface area (Å²) in [7, 11) is 0. The zero-order valence-electron chi connectivity index (χ0n) is 13.2. The minimum Gasteiger partial charge on any atom is -0.321 e. The molecule has 1 aromatic carbocycles. The summed E-state index contributed by atoms with van der Waals surface area (Å²) >= 11 is 11.9. The highest BCUT2D eigenvalue weighted by molar-refractivity contribution is 6.42. The predicted octanol–water partition coefficient (Wildman–Crippen LogP) is 5.43. The van der Waals surface area contributed by atoms with Gasteiger partial charge in [0.2, 0.25) is 0 Å². The molecule has 1 aliphatic heterocycles. The molecule has 3 rings (SSSR count). The van der Waals surface area contributed by atoms with Crippen molar-refractivity contribution >= 4 is 34.9 Å². The maximum Gasteiger partial charge on any atom is 0.322 e. The number of urea groups is 1. The number of nitrogens with zero attached hydrogens (tertiary/aromatic N) is 1. The third kappa shape index (κ3) is 3.07. The van der Waals surface area contributed by atoms with Gasteiger partial charge in [-0.05, 0) is 48.3 Å². The van der Waals surface area contributed by atoms with Crippen molar-refractivity contribution in [2.75, 3.05) is 11.9 Å². The molecule has 2 aliphatic rings. The average Bonchev–Trinajstić information content (AvgIpc) is 2.63. The predicted molar refractivity (Wildman–Crippen MR) is 91.7 cm³/mol. The van der Waals surface area contributed by atoms with Crippen LogP contribution in [0.25, 0.3) is 0 Å². The van der Waals surface area contributed by atoms with E-state index in [1.165, 1.54) is 6.42 Å². The third-order valence-corrected chi connectivity index (χ3v) is 5.59. The van der Waals surface area contributed by atoms with Gasteiger partial charge in [0.15, 0.2) is 0 Å². The van der Waals surface area contributed by atoms with E-state index in [2.05, 4.69) is 26.1 Å². The van der Waals surface area contributed by atoms with E-state index >= 15 is 0 Å². The molecule has 0 aromatic heterocycles. The maximum atomic E-state index is 12.6. The minimum absolute atomic E-state index is 0.0372. The fraction of sp³-hybridized carbons (Fsp3) is 0.588. The molecule has 2 fully saturated rings. The molecule has 22 heavy (non-hydrogen) atoms. The van der Waals surface area contributed by atoms with E-state index in [9.17, 15) is 4.79 Å². The summed E-state index contributed by atoms with van der Waals surface area (Å²) in [4.78, 5) is 14.6. The lowest BCUT2D eigenvalue weighted by atomic mass is 9.65. The zero-order chi connectivity index (χ0) is 16.1. The van der Waals surface area contributed by atoms with E-state index < -0.39 is 0 Å². The van der Waals surface area contributed by atoms with Crippen LogP contribution in [0, 0.1) is 10.8 Å². The van der Waals surface area contributed by atoms with Crippen molar-refractivity contribution in [2.45, 2.75) is 46.1 Å². The van der Waals surface area contributed by atoms with Gasteiger partial charge in [0.1, 0.15) is 0 Å². The summed E-state index contributed by atoms with van der Waals surface area (Å²) in [5.74, 6) is 0. The minimum atomic E-state index is -0.0372. The monoisotopic (exact) mass is 340 g/mol. The van der Waals surface area contributed by atoms with Crippen LogP contribution in [-0.2, 0) is 0 Å². The molecule has 2 amide bonds. The van der Waals surface area contributed by atoms with E-state index in [-0.39, 0.29) is 11.4 Å². The fourth-order valence-corrected chi connectivity index (χ4v) is 4.76. The SMILES string of the molecule is CC1(C)C[C@@H]2C[C@@](C)(CN2C(=O)Nc2ccc(Cl)c(Cl)c2)C1. The Morgan fingerprint density at radius 2 is 1.95 bits per heavy atom. The Bertz CT molecular complexity index is 617. The van der Waals surface area contributed by atoms with Gasteiger partial charge in [-0.2, -0.15) is 0 Å². The van der Waals surface area contributed by atoms with Gasteiger partial charge in [0.25, 0.3) is 0 Å². The lowest BCUT2D eigenvalue weighted by Gasteiger charge is -2.39. The summed E-state index contributed by atoms with van der Waals surface area (Å²) in [6.45, 7) is 7.73. The summed E-state index contributed by atoms with van der Waals surface area (Å²) in [6, 6.07) is 5.46. The molecule has 0 unspecified atom stereocenters. The number of amides is 2. The van der Waals surface area contributed by atoms with Gasteiger partial charge in [-0.3, -0.25) is 0 Å². The standard InChI is InChI=1S/C17H22Cl2N2O/c1-16(2)7-12-8-17(3,9-16)10-21(12)15(22)20-11-4-5-13(18)14(19)6-11/h4-6,12H,7-10H2,1-3H3,(H,20,22)/t12-,17-/m1/s1. The number of hydrogen-bond donors (Lipinski definition) is 1. The Morgan fingerprint density at radius 1 is 1.23 bits per heavy atom. The average molecular weight is 341 g/mol. The normalized spacial score (nSPS) is 29.5. The van der Waals surface area contributed by atoms with Crippen molar-refractivity contribution in [1.29, 1.82) is 0 Å². The third-order valence-electron chi connectivity index (χ3n) is 4.85. The topological polar surface area (TPSA) is 32.3 Å². The Hall–Kier alpha value is -0.930. The number of carbonyl (C=O) groups excluding carboxylic acids is 1. The molecule has 3 nitrogen and oxygen atoms in total. The molecular formula is C17H22Cl2N2O. The summed E-state index contributed by atoms with van der Waals surface area (Å²) in [5.41, 5.74) is 1.22. The van der Waals surface area contributed by atoms with Crippen LogP contribution in [0.3, 0.4) is 0 Å². The van der Waals surface area contributed by atoms with Crippen LogP contribution < -0.4 is 5.32 Å². The summed E-state index contributed by atoms with van der Waals surface area (Å²) in [5, 5.41) is 3.90. The highest BCUT2D eigenvalue weighted by Crippen LogP contribution is 2.52. The van der Waals surface area contributed by atoms with Crippen LogP contribution in [0.1, 0.15) is 40.0 Å². The number of carbonyl (C=O) groups is 1. The van der Waals surface area contributed by atoms with E-state index in [1.54, 1.807) is 18.2 Å². The van der Waals surface area contributed by atoms with Crippen molar-refractivity contribution in [1.82, 2.24) is 4.90 Å². The van der Waals surface area contributed by atoms with Gasteiger partial charge >= 0.3 is 6.03 Å². The smallest absolute Gasteiger partial charge is 0.321 e. The first-order valence-corrected chi connectivity index (χ1v) is 8.46. The van der Waals surface area contributed by atoms with Crippen molar-refractivity contribution in [3.63, 3.8) is 0 Å². The molecule has 2 atom stereocenters. The van der Waals surface area contributed by atoms with E-state index in [0.29, 0.717) is 27.2 Å². The van der Waals surface area contributed by atoms with E-state index in [0.717, 1.165) is 19.4 Å². The molecule has 1 aliphatic carbocycles. The van der Waals surface area contributed by atoms with Crippen LogP contribution in [0.2, 0.25) is 10.0 Å². The highest BCUT2D eigenvalue weighted by Gasteiger charge is 2.50. The van der Waals surface area contributed by atoms with E-state index in [4.69, 9.17) is 23.2 Å². The number of benzene rings is 1. The molecule has 1 heterocycles. The second-order valence-electron chi connectivity index (χ2n) is 7.90. The largest absolute Gasteiger partial charge is 0.322 e. The van der Waals surface area contributed by atoms with Gasteiger partial charge in [-0.25, -0.2) is 4.79 Å². The van der Waals surface area contributed by atoms with Crippen LogP contribution in [0.5, 0.6) is 0 Å². The number of nitrogens with one attached hydrogen (secondary N) is 1. The molecule has 1 saturated carbocycles.